The van der Waals surface area contributed by atoms with E-state index in [9.17, 15) is 13.2 Å². The van der Waals surface area contributed by atoms with E-state index in [1.807, 2.05) is 39.0 Å². The minimum Gasteiger partial charge on any atom is -0.495 e. The maximum atomic E-state index is 12.6. The van der Waals surface area contributed by atoms with E-state index in [2.05, 4.69) is 5.32 Å². The van der Waals surface area contributed by atoms with Crippen LogP contribution in [0.2, 0.25) is 0 Å². The van der Waals surface area contributed by atoms with Gasteiger partial charge < -0.3 is 10.1 Å². The average Bonchev–Trinajstić information content (AvgIpc) is 2.59. The van der Waals surface area contributed by atoms with Crippen molar-refractivity contribution in [2.75, 3.05) is 29.5 Å². The van der Waals surface area contributed by atoms with Crippen LogP contribution in [0, 0.1) is 6.92 Å². The summed E-state index contributed by atoms with van der Waals surface area (Å²) in [7, 11) is -2.13. The maximum absolute atomic E-state index is 12.6. The molecular weight excluding hydrogens is 364 g/mol. The number of aryl methyl sites for hydroxylation is 1. The van der Waals surface area contributed by atoms with E-state index in [0.29, 0.717) is 17.1 Å². The number of ether oxygens (including phenoxy) is 1. The van der Waals surface area contributed by atoms with Crippen LogP contribution in [-0.2, 0) is 14.8 Å². The Morgan fingerprint density at radius 2 is 1.85 bits per heavy atom. The Morgan fingerprint density at radius 1 is 1.19 bits per heavy atom. The number of carbonyl (C=O) groups is 1. The number of hydrogen-bond donors (Lipinski definition) is 1. The molecule has 0 atom stereocenters. The van der Waals surface area contributed by atoms with Gasteiger partial charge >= 0.3 is 0 Å². The van der Waals surface area contributed by atoms with Gasteiger partial charge in [-0.1, -0.05) is 38.1 Å². The number of nitrogens with zero attached hydrogens (tertiary/aromatic N) is 1. The average molecular weight is 391 g/mol. The van der Waals surface area contributed by atoms with Gasteiger partial charge in [-0.3, -0.25) is 9.10 Å². The predicted octanol–water partition coefficient (Wildman–Crippen LogP) is 3.53. The molecule has 1 amide bonds. The lowest BCUT2D eigenvalue weighted by Crippen LogP contribution is -2.38. The fourth-order valence-corrected chi connectivity index (χ4v) is 3.70. The number of benzene rings is 2. The summed E-state index contributed by atoms with van der Waals surface area (Å²) in [6, 6.07) is 12.6. The van der Waals surface area contributed by atoms with Crippen molar-refractivity contribution >= 4 is 27.3 Å². The summed E-state index contributed by atoms with van der Waals surface area (Å²) >= 11 is 0. The van der Waals surface area contributed by atoms with Crippen LogP contribution < -0.4 is 14.4 Å². The second-order valence-electron chi connectivity index (χ2n) is 6.74. The van der Waals surface area contributed by atoms with Crippen LogP contribution >= 0.6 is 0 Å². The van der Waals surface area contributed by atoms with Crippen molar-refractivity contribution in [3.8, 4) is 5.75 Å². The van der Waals surface area contributed by atoms with Crippen LogP contribution in [0.1, 0.15) is 30.9 Å². The van der Waals surface area contributed by atoms with Crippen LogP contribution in [0.4, 0.5) is 11.4 Å². The summed E-state index contributed by atoms with van der Waals surface area (Å²) in [6.07, 6.45) is 1.10. The summed E-state index contributed by atoms with van der Waals surface area (Å²) in [6.45, 7) is 5.55. The predicted molar refractivity (Wildman–Crippen MR) is 109 cm³/mol. The van der Waals surface area contributed by atoms with E-state index in [1.54, 1.807) is 24.3 Å². The highest BCUT2D eigenvalue weighted by atomic mass is 32.2. The Labute approximate surface area is 161 Å². The number of para-hydroxylation sites is 1. The molecule has 0 heterocycles. The molecule has 2 aromatic carbocycles. The fourth-order valence-electron chi connectivity index (χ4n) is 2.82. The Bertz CT molecular complexity index is 923. The Hall–Kier alpha value is -2.54. The third kappa shape index (κ3) is 5.23. The van der Waals surface area contributed by atoms with Crippen molar-refractivity contribution in [3.63, 3.8) is 0 Å². The smallest absolute Gasteiger partial charge is 0.245 e. The molecule has 27 heavy (non-hydrogen) atoms. The number of sulfonamides is 1. The van der Waals surface area contributed by atoms with E-state index >= 15 is 0 Å². The molecule has 0 spiro atoms. The van der Waals surface area contributed by atoms with Gasteiger partial charge in [-0.05, 0) is 42.2 Å². The topological polar surface area (TPSA) is 75.7 Å². The first kappa shape index (κ1) is 20.8. The van der Waals surface area contributed by atoms with Gasteiger partial charge in [-0.25, -0.2) is 8.42 Å². The molecule has 2 aromatic rings. The molecule has 0 saturated carbocycles. The van der Waals surface area contributed by atoms with Crippen LogP contribution in [-0.4, -0.2) is 34.2 Å². The summed E-state index contributed by atoms with van der Waals surface area (Å²) in [5.41, 5.74) is 2.84. The number of amides is 1. The van der Waals surface area contributed by atoms with Crippen molar-refractivity contribution in [2.24, 2.45) is 0 Å². The molecule has 0 radical (unpaired) electrons. The van der Waals surface area contributed by atoms with Gasteiger partial charge in [0, 0.05) is 0 Å². The standard InChI is InChI=1S/C20H26N2O4S/c1-14(2)16-8-6-7-9-18(16)22(27(5,24)25)13-20(23)21-17-12-15(3)10-11-19(17)26-4/h6-12,14H,13H2,1-5H3,(H,21,23). The van der Waals surface area contributed by atoms with E-state index in [4.69, 9.17) is 4.74 Å². The number of methoxy groups -OCH3 is 1. The van der Waals surface area contributed by atoms with E-state index in [-0.39, 0.29) is 12.5 Å². The molecule has 0 aliphatic rings. The zero-order valence-corrected chi connectivity index (χ0v) is 17.1. The Kier molecular flexibility index (Phi) is 6.49. The third-order valence-electron chi connectivity index (χ3n) is 4.14. The van der Waals surface area contributed by atoms with Crippen molar-refractivity contribution in [3.05, 3.63) is 53.6 Å². The first-order chi connectivity index (χ1) is 12.6. The summed E-state index contributed by atoms with van der Waals surface area (Å²) in [4.78, 5) is 12.6. The molecule has 1 N–H and O–H groups in total. The van der Waals surface area contributed by atoms with Gasteiger partial charge in [0.15, 0.2) is 0 Å². The zero-order chi connectivity index (χ0) is 20.2. The molecule has 0 unspecified atom stereocenters. The fraction of sp³-hybridized carbons (Fsp3) is 0.350. The van der Waals surface area contributed by atoms with Crippen LogP contribution in [0.3, 0.4) is 0 Å². The van der Waals surface area contributed by atoms with Gasteiger partial charge in [-0.2, -0.15) is 0 Å². The summed E-state index contributed by atoms with van der Waals surface area (Å²) in [5, 5.41) is 2.75. The summed E-state index contributed by atoms with van der Waals surface area (Å²) in [5.74, 6) is 0.190. The lowest BCUT2D eigenvalue weighted by Gasteiger charge is -2.25. The molecule has 0 aliphatic carbocycles. The Morgan fingerprint density at radius 3 is 2.44 bits per heavy atom. The second-order valence-corrected chi connectivity index (χ2v) is 8.64. The molecule has 6 nitrogen and oxygen atoms in total. The van der Waals surface area contributed by atoms with Crippen molar-refractivity contribution < 1.29 is 17.9 Å². The third-order valence-corrected chi connectivity index (χ3v) is 5.27. The first-order valence-electron chi connectivity index (χ1n) is 8.64. The molecule has 0 aromatic heterocycles. The van der Waals surface area contributed by atoms with Crippen LogP contribution in [0.25, 0.3) is 0 Å². The van der Waals surface area contributed by atoms with E-state index in [1.165, 1.54) is 7.11 Å². The van der Waals surface area contributed by atoms with Gasteiger partial charge in [0.25, 0.3) is 0 Å². The minimum absolute atomic E-state index is 0.116. The monoisotopic (exact) mass is 390 g/mol. The van der Waals surface area contributed by atoms with Crippen LogP contribution in [0.5, 0.6) is 5.75 Å². The van der Waals surface area contributed by atoms with Crippen molar-refractivity contribution in [1.82, 2.24) is 0 Å². The largest absolute Gasteiger partial charge is 0.495 e. The van der Waals surface area contributed by atoms with Gasteiger partial charge in [0.2, 0.25) is 15.9 Å². The quantitative estimate of drug-likeness (QED) is 0.785. The maximum Gasteiger partial charge on any atom is 0.245 e. The molecule has 0 saturated heterocycles. The first-order valence-corrected chi connectivity index (χ1v) is 10.5. The van der Waals surface area contributed by atoms with Gasteiger partial charge in [0.1, 0.15) is 12.3 Å². The van der Waals surface area contributed by atoms with Crippen molar-refractivity contribution in [1.29, 1.82) is 0 Å². The highest BCUT2D eigenvalue weighted by Crippen LogP contribution is 2.29. The highest BCUT2D eigenvalue weighted by Gasteiger charge is 2.24. The molecule has 0 fully saturated rings. The normalized spacial score (nSPS) is 11.3. The van der Waals surface area contributed by atoms with E-state index < -0.39 is 15.9 Å². The van der Waals surface area contributed by atoms with Crippen molar-refractivity contribution in [2.45, 2.75) is 26.7 Å². The lowest BCUT2D eigenvalue weighted by atomic mass is 10.0. The lowest BCUT2D eigenvalue weighted by molar-refractivity contribution is -0.114. The zero-order valence-electron chi connectivity index (χ0n) is 16.3. The number of anilines is 2. The molecular formula is C20H26N2O4S. The van der Waals surface area contributed by atoms with Crippen LogP contribution in [0.15, 0.2) is 42.5 Å². The number of nitrogens with one attached hydrogen (secondary N) is 1. The molecule has 2 rings (SSSR count). The second kappa shape index (κ2) is 8.43. The SMILES string of the molecule is COc1ccc(C)cc1NC(=O)CN(c1ccccc1C(C)C)S(C)(=O)=O. The Balaban J connectivity index is 2.34. The van der Waals surface area contributed by atoms with E-state index in [0.717, 1.165) is 21.7 Å². The molecule has 146 valence electrons. The molecule has 7 heteroatoms. The molecule has 0 aliphatic heterocycles. The molecule has 0 bridgehead atoms. The van der Waals surface area contributed by atoms with Gasteiger partial charge in [0.05, 0.1) is 24.7 Å². The van der Waals surface area contributed by atoms with Gasteiger partial charge in [-0.15, -0.1) is 0 Å². The number of rotatable bonds is 7. The summed E-state index contributed by atoms with van der Waals surface area (Å²) < 4.78 is 31.2. The number of carbonyl (C=O) groups excluding carboxylic acids is 1. The minimum atomic E-state index is -3.64. The highest BCUT2D eigenvalue weighted by molar-refractivity contribution is 7.92. The number of hydrogen-bond acceptors (Lipinski definition) is 4.